The van der Waals surface area contributed by atoms with Gasteiger partial charge in [-0.15, -0.1) is 0 Å². The van der Waals surface area contributed by atoms with Crippen LogP contribution in [0.15, 0.2) is 80.0 Å². The fourth-order valence-electron chi connectivity index (χ4n) is 2.50. The lowest BCUT2D eigenvalue weighted by Gasteiger charge is -2.05. The zero-order valence-electron chi connectivity index (χ0n) is 16.6. The van der Waals surface area contributed by atoms with E-state index in [4.69, 9.17) is 9.68 Å². The number of nitrogens with zero attached hydrogens (tertiary/aromatic N) is 4. The van der Waals surface area contributed by atoms with Crippen molar-refractivity contribution < 1.29 is 29.1 Å². The number of oxime groups is 2. The second-order valence-electron chi connectivity index (χ2n) is 6.25. The second-order valence-corrected chi connectivity index (χ2v) is 7.83. The number of carbonyl (C=O) groups is 2. The summed E-state index contributed by atoms with van der Waals surface area (Å²) < 4.78 is -0.0712. The molecule has 0 heterocycles. The first-order valence-electron chi connectivity index (χ1n) is 8.99. The van der Waals surface area contributed by atoms with Crippen molar-refractivity contribution in [1.29, 1.82) is 0 Å². The molecule has 0 bridgehead atoms. The van der Waals surface area contributed by atoms with Crippen LogP contribution in [0.1, 0.15) is 20.7 Å². The Bertz CT molecular complexity index is 1220. The van der Waals surface area contributed by atoms with Gasteiger partial charge in [-0.05, 0) is 68.3 Å². The predicted molar refractivity (Wildman–Crippen MR) is 126 cm³/mol. The zero-order chi connectivity index (χ0) is 24.8. The first kappa shape index (κ1) is 24.6. The van der Waals surface area contributed by atoms with Crippen LogP contribution >= 0.6 is 31.9 Å². The summed E-state index contributed by atoms with van der Waals surface area (Å²) in [6.45, 7) is 0. The molecule has 0 aliphatic heterocycles. The minimum atomic E-state index is -0.916. The normalized spacial score (nSPS) is 12.2. The van der Waals surface area contributed by atoms with Crippen LogP contribution in [0.5, 0.6) is 0 Å². The number of hydrogen-bond acceptors (Lipinski definition) is 10. The van der Waals surface area contributed by atoms with Crippen molar-refractivity contribution in [2.75, 3.05) is 0 Å². The molecule has 0 spiro atoms. The molecule has 0 aromatic heterocycles. The number of halogens is 2. The number of carbonyl (C=O) groups excluding carboxylic acids is 2. The fraction of sp³-hybridized carbons (Fsp3) is 0. The van der Waals surface area contributed by atoms with Crippen molar-refractivity contribution >= 4 is 66.6 Å². The van der Waals surface area contributed by atoms with Crippen LogP contribution in [0, 0.1) is 20.2 Å². The number of allylic oxidation sites excluding steroid dienone is 4. The van der Waals surface area contributed by atoms with Gasteiger partial charge in [0.15, 0.2) is 0 Å². The van der Waals surface area contributed by atoms with Gasteiger partial charge in [0, 0.05) is 12.1 Å². The molecular weight excluding hydrogens is 584 g/mol. The molecule has 0 N–H and O–H groups in total. The van der Waals surface area contributed by atoms with Gasteiger partial charge in [-0.2, -0.15) is 0 Å². The molecule has 0 saturated carbocycles. The Morgan fingerprint density at radius 3 is 1.38 bits per heavy atom. The molecule has 12 nitrogen and oxygen atoms in total. The van der Waals surface area contributed by atoms with Crippen molar-refractivity contribution in [1.82, 2.24) is 0 Å². The third kappa shape index (κ3) is 5.65. The largest absolute Gasteiger partial charge is 0.367 e. The maximum absolute atomic E-state index is 12.2. The third-order valence-corrected chi connectivity index (χ3v) is 5.77. The molecule has 14 heteroatoms. The quantitative estimate of drug-likeness (QED) is 0.198. The van der Waals surface area contributed by atoms with Crippen molar-refractivity contribution in [2.24, 2.45) is 10.3 Å². The van der Waals surface area contributed by atoms with E-state index in [1.807, 2.05) is 0 Å². The van der Waals surface area contributed by atoms with E-state index in [0.29, 0.717) is 0 Å². The van der Waals surface area contributed by atoms with Crippen molar-refractivity contribution in [3.05, 3.63) is 101 Å². The Hall–Kier alpha value is -4.04. The maximum atomic E-state index is 12.2. The van der Waals surface area contributed by atoms with Gasteiger partial charge in [-0.25, -0.2) is 9.59 Å². The zero-order valence-corrected chi connectivity index (χ0v) is 19.8. The Kier molecular flexibility index (Phi) is 7.75. The topological polar surface area (TPSA) is 164 Å². The van der Waals surface area contributed by atoms with E-state index in [9.17, 15) is 29.8 Å². The molecule has 2 aromatic carbocycles. The molecule has 3 rings (SSSR count). The standard InChI is InChI=1S/C20H10Br2N4O8/c21-17-13(3-1-5-15(17)25(29)30)19(27)33-23-11-7-9-12(10-8-11)24-34-20(28)14-4-2-6-16(18(14)22)26(31)32/h1-10H. The highest BCUT2D eigenvalue weighted by Gasteiger charge is 2.22. The summed E-state index contributed by atoms with van der Waals surface area (Å²) in [5.41, 5.74) is -0.338. The molecular formula is C20H10Br2N4O8. The highest BCUT2D eigenvalue weighted by Crippen LogP contribution is 2.29. The molecule has 0 radical (unpaired) electrons. The van der Waals surface area contributed by atoms with Gasteiger partial charge < -0.3 is 9.68 Å². The average Bonchev–Trinajstić information content (AvgIpc) is 2.81. The van der Waals surface area contributed by atoms with Crippen LogP contribution in [0.4, 0.5) is 11.4 Å². The Labute approximate surface area is 206 Å². The highest BCUT2D eigenvalue weighted by molar-refractivity contribution is 9.11. The first-order valence-corrected chi connectivity index (χ1v) is 10.6. The number of hydrogen-bond donors (Lipinski definition) is 0. The summed E-state index contributed by atoms with van der Waals surface area (Å²) in [6.07, 6.45) is 5.63. The minimum Gasteiger partial charge on any atom is -0.312 e. The van der Waals surface area contributed by atoms with E-state index in [0.717, 1.165) is 0 Å². The SMILES string of the molecule is O=C(ON=C1C=CC(=NOC(=O)c2cccc([N+](=O)[O-])c2Br)C=C1)c1cccc([N+](=O)[O-])c1Br. The molecule has 2 aromatic rings. The van der Waals surface area contributed by atoms with Crippen LogP contribution in [-0.4, -0.2) is 33.2 Å². The second kappa shape index (κ2) is 10.7. The molecule has 0 unspecified atom stereocenters. The number of nitro benzene ring substituents is 2. The number of rotatable bonds is 6. The van der Waals surface area contributed by atoms with Crippen molar-refractivity contribution in [3.8, 4) is 0 Å². The van der Waals surface area contributed by atoms with E-state index < -0.39 is 21.8 Å². The lowest BCUT2D eigenvalue weighted by atomic mass is 10.1. The summed E-state index contributed by atoms with van der Waals surface area (Å²) in [7, 11) is 0. The van der Waals surface area contributed by atoms with Crippen molar-refractivity contribution in [3.63, 3.8) is 0 Å². The molecule has 34 heavy (non-hydrogen) atoms. The molecule has 172 valence electrons. The van der Waals surface area contributed by atoms with Crippen LogP contribution in [-0.2, 0) is 9.68 Å². The summed E-state index contributed by atoms with van der Waals surface area (Å²) in [4.78, 5) is 54.7. The minimum absolute atomic E-state index is 0.0356. The monoisotopic (exact) mass is 592 g/mol. The molecule has 1 aliphatic carbocycles. The summed E-state index contributed by atoms with van der Waals surface area (Å²) >= 11 is 6.01. The maximum Gasteiger partial charge on any atom is 0.367 e. The van der Waals surface area contributed by atoms with Crippen LogP contribution in [0.3, 0.4) is 0 Å². The van der Waals surface area contributed by atoms with Crippen LogP contribution < -0.4 is 0 Å². The summed E-state index contributed by atoms with van der Waals surface area (Å²) in [5, 5.41) is 29.3. The highest BCUT2D eigenvalue weighted by atomic mass is 79.9. The Morgan fingerprint density at radius 1 is 0.706 bits per heavy atom. The van der Waals surface area contributed by atoms with E-state index >= 15 is 0 Å². The molecule has 0 fully saturated rings. The lowest BCUT2D eigenvalue weighted by molar-refractivity contribution is -0.385. The molecule has 0 amide bonds. The first-order chi connectivity index (χ1) is 16.2. The van der Waals surface area contributed by atoms with Crippen LogP contribution in [0.2, 0.25) is 0 Å². The smallest absolute Gasteiger partial charge is 0.312 e. The molecule has 0 atom stereocenters. The van der Waals surface area contributed by atoms with Gasteiger partial charge >= 0.3 is 11.9 Å². The van der Waals surface area contributed by atoms with E-state index in [2.05, 4.69) is 42.2 Å². The average molecular weight is 594 g/mol. The number of benzene rings is 2. The predicted octanol–water partition coefficient (Wildman–Crippen LogP) is 4.88. The fourth-order valence-corrected chi connectivity index (χ4v) is 3.64. The van der Waals surface area contributed by atoms with Gasteiger partial charge in [0.2, 0.25) is 0 Å². The Balaban J connectivity index is 1.64. The lowest BCUT2D eigenvalue weighted by Crippen LogP contribution is -2.08. The van der Waals surface area contributed by atoms with E-state index in [1.165, 1.54) is 60.7 Å². The third-order valence-electron chi connectivity index (χ3n) is 4.11. The van der Waals surface area contributed by atoms with Gasteiger partial charge in [-0.1, -0.05) is 22.4 Å². The summed E-state index contributed by atoms with van der Waals surface area (Å²) in [5.74, 6) is -1.83. The van der Waals surface area contributed by atoms with Gasteiger partial charge in [0.05, 0.1) is 21.0 Å². The number of nitro groups is 2. The van der Waals surface area contributed by atoms with E-state index in [-0.39, 0.29) is 42.9 Å². The van der Waals surface area contributed by atoms with Crippen LogP contribution in [0.25, 0.3) is 0 Å². The Morgan fingerprint density at radius 2 is 1.06 bits per heavy atom. The van der Waals surface area contributed by atoms with Gasteiger partial charge in [0.25, 0.3) is 11.4 Å². The summed E-state index contributed by atoms with van der Waals surface area (Å²) in [6, 6.07) is 7.80. The van der Waals surface area contributed by atoms with Gasteiger partial charge in [0.1, 0.15) is 20.4 Å². The van der Waals surface area contributed by atoms with Crippen molar-refractivity contribution in [2.45, 2.75) is 0 Å². The molecule has 1 aliphatic rings. The van der Waals surface area contributed by atoms with Gasteiger partial charge in [-0.3, -0.25) is 20.2 Å². The molecule has 0 saturated heterocycles. The van der Waals surface area contributed by atoms with E-state index in [1.54, 1.807) is 0 Å².